The maximum absolute atomic E-state index is 12.9. The molecule has 0 amide bonds. The number of likely N-dealkylation sites (N-methyl/N-ethyl adjacent to an activating group) is 1. The molecule has 13 nitrogen and oxygen atoms in total. The number of hydrogen-bond donors (Lipinski definition) is 3. The number of carbonyl (C=O) groups excluding carboxylic acids is 3. The zero-order valence-corrected chi connectivity index (χ0v) is 23.1. The third kappa shape index (κ3) is 4.43. The van der Waals surface area contributed by atoms with Crippen molar-refractivity contribution in [1.29, 1.82) is 0 Å². The molecular formula is C28H33NO12. The second-order valence-electron chi connectivity index (χ2n) is 11.0. The van der Waals surface area contributed by atoms with Gasteiger partial charge in [-0.3, -0.25) is 4.79 Å². The largest absolute Gasteiger partial charge is 0.493 e. The Morgan fingerprint density at radius 1 is 1.15 bits per heavy atom. The van der Waals surface area contributed by atoms with Crippen LogP contribution in [0.1, 0.15) is 44.2 Å². The quantitative estimate of drug-likeness (QED) is 0.269. The molecular weight excluding hydrogens is 542 g/mol. The Kier molecular flexibility index (Phi) is 7.24. The number of hydrogen-bond acceptors (Lipinski definition) is 12. The maximum atomic E-state index is 12.9. The Bertz CT molecular complexity index is 1330. The Balaban J connectivity index is 1.32. The summed E-state index contributed by atoms with van der Waals surface area (Å²) in [6.45, 7) is 2.98. The first-order chi connectivity index (χ1) is 19.3. The molecule has 4 aliphatic rings. The molecule has 2 bridgehead atoms. The SMILES string of the molecule is COc1ccc2c3c1O[C@H]1C(OC(=O)[C@@H](O)CC(=O)O[C@@H](C)C(=O)O[C@@H](C)C(=O)O)=CC[C@@]4(O)[C@H](C2)N(C)CC[C@]314. The topological polar surface area (TPSA) is 178 Å². The van der Waals surface area contributed by atoms with Crippen molar-refractivity contribution in [2.24, 2.45) is 0 Å². The molecule has 1 saturated heterocycles. The summed E-state index contributed by atoms with van der Waals surface area (Å²) in [6.07, 6.45) is -3.67. The molecule has 0 aromatic heterocycles. The highest BCUT2D eigenvalue weighted by molar-refractivity contribution is 5.85. The third-order valence-corrected chi connectivity index (χ3v) is 8.69. The molecule has 5 rings (SSSR count). The number of aliphatic hydroxyl groups is 2. The Labute approximate surface area is 235 Å². The van der Waals surface area contributed by atoms with Crippen LogP contribution in [0.5, 0.6) is 11.5 Å². The fourth-order valence-corrected chi connectivity index (χ4v) is 6.63. The molecule has 2 aliphatic heterocycles. The van der Waals surface area contributed by atoms with E-state index in [1.54, 1.807) is 6.08 Å². The Hall–Kier alpha value is -3.68. The van der Waals surface area contributed by atoms with Crippen molar-refractivity contribution in [2.45, 2.75) is 81.0 Å². The lowest BCUT2D eigenvalue weighted by Gasteiger charge is -2.61. The monoisotopic (exact) mass is 575 g/mol. The number of rotatable bonds is 9. The highest BCUT2D eigenvalue weighted by atomic mass is 16.6. The molecule has 1 fully saturated rings. The molecule has 7 atom stereocenters. The van der Waals surface area contributed by atoms with E-state index < -0.39 is 65.7 Å². The average Bonchev–Trinajstić information content (AvgIpc) is 3.27. The minimum absolute atomic E-state index is 0.112. The predicted molar refractivity (Wildman–Crippen MR) is 137 cm³/mol. The molecule has 3 N–H and O–H groups in total. The predicted octanol–water partition coefficient (Wildman–Crippen LogP) is 0.215. The van der Waals surface area contributed by atoms with Gasteiger partial charge in [0.25, 0.3) is 0 Å². The minimum atomic E-state index is -1.94. The summed E-state index contributed by atoms with van der Waals surface area (Å²) in [5, 5.41) is 31.5. The number of carbonyl (C=O) groups is 4. The van der Waals surface area contributed by atoms with Crippen molar-refractivity contribution in [3.63, 3.8) is 0 Å². The van der Waals surface area contributed by atoms with E-state index in [1.807, 2.05) is 19.2 Å². The third-order valence-electron chi connectivity index (χ3n) is 8.69. The lowest BCUT2D eigenvalue weighted by molar-refractivity contribution is -0.177. The first kappa shape index (κ1) is 28.8. The van der Waals surface area contributed by atoms with Crippen molar-refractivity contribution in [1.82, 2.24) is 4.90 Å². The van der Waals surface area contributed by atoms with E-state index in [2.05, 4.69) is 9.64 Å². The maximum Gasteiger partial charge on any atom is 0.347 e. The van der Waals surface area contributed by atoms with E-state index in [0.29, 0.717) is 30.9 Å². The lowest BCUT2D eigenvalue weighted by Crippen LogP contribution is -2.74. The van der Waals surface area contributed by atoms with E-state index >= 15 is 0 Å². The van der Waals surface area contributed by atoms with E-state index in [4.69, 9.17) is 24.1 Å². The number of aliphatic hydroxyl groups excluding tert-OH is 1. The highest BCUT2D eigenvalue weighted by Crippen LogP contribution is 2.65. The molecule has 0 radical (unpaired) electrons. The average molecular weight is 576 g/mol. The number of methoxy groups -OCH3 is 1. The molecule has 41 heavy (non-hydrogen) atoms. The van der Waals surface area contributed by atoms with Crippen LogP contribution < -0.4 is 9.47 Å². The lowest BCUT2D eigenvalue weighted by atomic mass is 9.50. The van der Waals surface area contributed by atoms with Crippen LogP contribution in [0.2, 0.25) is 0 Å². The number of ether oxygens (including phenoxy) is 5. The number of carboxylic acids is 1. The van der Waals surface area contributed by atoms with Gasteiger partial charge in [-0.05, 0) is 58.0 Å². The summed E-state index contributed by atoms with van der Waals surface area (Å²) in [4.78, 5) is 50.1. The fraction of sp³-hybridized carbons (Fsp3) is 0.571. The number of carboxylic acid groups (broad SMARTS) is 1. The van der Waals surface area contributed by atoms with Gasteiger partial charge in [-0.25, -0.2) is 14.4 Å². The zero-order valence-electron chi connectivity index (χ0n) is 23.1. The first-order valence-electron chi connectivity index (χ1n) is 13.4. The van der Waals surface area contributed by atoms with Crippen LogP contribution in [0.15, 0.2) is 24.0 Å². The van der Waals surface area contributed by atoms with Crippen LogP contribution in [0.25, 0.3) is 0 Å². The zero-order chi connectivity index (χ0) is 29.9. The van der Waals surface area contributed by atoms with Crippen molar-refractivity contribution < 1.29 is 58.2 Å². The highest BCUT2D eigenvalue weighted by Gasteiger charge is 2.72. The van der Waals surface area contributed by atoms with Gasteiger partial charge >= 0.3 is 23.9 Å². The minimum Gasteiger partial charge on any atom is -0.493 e. The van der Waals surface area contributed by atoms with Gasteiger partial charge in [-0.1, -0.05) is 6.07 Å². The molecule has 1 aromatic carbocycles. The van der Waals surface area contributed by atoms with Gasteiger partial charge in [-0.2, -0.15) is 0 Å². The molecule has 2 aliphatic carbocycles. The van der Waals surface area contributed by atoms with Crippen LogP contribution in [-0.4, -0.2) is 101 Å². The number of esters is 3. The summed E-state index contributed by atoms with van der Waals surface area (Å²) in [6, 6.07) is 3.58. The summed E-state index contributed by atoms with van der Waals surface area (Å²) in [5.41, 5.74) is -0.266. The van der Waals surface area contributed by atoms with Gasteiger partial charge in [0.1, 0.15) is 5.76 Å². The normalized spacial score (nSPS) is 29.6. The van der Waals surface area contributed by atoms with Gasteiger partial charge in [0.05, 0.1) is 24.5 Å². The van der Waals surface area contributed by atoms with Crippen molar-refractivity contribution in [2.75, 3.05) is 20.7 Å². The Morgan fingerprint density at radius 3 is 2.56 bits per heavy atom. The fourth-order valence-electron chi connectivity index (χ4n) is 6.63. The molecule has 2 heterocycles. The van der Waals surface area contributed by atoms with Gasteiger partial charge in [0.2, 0.25) is 0 Å². The number of nitrogens with zero attached hydrogens (tertiary/aromatic N) is 1. The van der Waals surface area contributed by atoms with E-state index in [1.165, 1.54) is 14.0 Å². The van der Waals surface area contributed by atoms with Crippen molar-refractivity contribution >= 4 is 23.9 Å². The summed E-state index contributed by atoms with van der Waals surface area (Å²) in [7, 11) is 3.49. The number of aliphatic carboxylic acids is 1. The van der Waals surface area contributed by atoms with E-state index in [0.717, 1.165) is 18.1 Å². The number of benzene rings is 1. The van der Waals surface area contributed by atoms with Gasteiger partial charge < -0.3 is 43.9 Å². The van der Waals surface area contributed by atoms with E-state index in [-0.39, 0.29) is 18.2 Å². The molecule has 0 unspecified atom stereocenters. The molecule has 1 aromatic rings. The van der Waals surface area contributed by atoms with Gasteiger partial charge in [-0.15, -0.1) is 0 Å². The molecule has 13 heteroatoms. The molecule has 0 saturated carbocycles. The molecule has 1 spiro atoms. The van der Waals surface area contributed by atoms with Crippen LogP contribution in [0.4, 0.5) is 0 Å². The van der Waals surface area contributed by atoms with Crippen LogP contribution in [0, 0.1) is 0 Å². The van der Waals surface area contributed by atoms with Crippen molar-refractivity contribution in [3.8, 4) is 11.5 Å². The van der Waals surface area contributed by atoms with Gasteiger partial charge in [0, 0.05) is 18.0 Å². The van der Waals surface area contributed by atoms with Crippen molar-refractivity contribution in [3.05, 3.63) is 35.1 Å². The van der Waals surface area contributed by atoms with Crippen LogP contribution in [-0.2, 0) is 45.2 Å². The second kappa shape index (κ2) is 10.3. The second-order valence-corrected chi connectivity index (χ2v) is 11.0. The summed E-state index contributed by atoms with van der Waals surface area (Å²) in [5.74, 6) is -3.62. The standard InChI is InChI=1S/C28H33NO12/c1-13(24(32)33)39-25(34)14(2)38-20(31)12-16(30)26(35)40-18-7-8-28(36)19-11-15-5-6-17(37-4)22-21(15)27(28,23(18)41-22)9-10-29(19)3/h5-7,13-14,16,19,23,30,36H,8-12H2,1-4H3,(H,32,33)/t13-,14-,16-,19-,23-,27-,28+/m0/s1. The van der Waals surface area contributed by atoms with Crippen LogP contribution >= 0.6 is 0 Å². The Morgan fingerprint density at radius 2 is 1.88 bits per heavy atom. The van der Waals surface area contributed by atoms with Crippen LogP contribution in [0.3, 0.4) is 0 Å². The van der Waals surface area contributed by atoms with E-state index in [9.17, 15) is 29.4 Å². The van der Waals surface area contributed by atoms with Gasteiger partial charge in [0.15, 0.2) is 35.9 Å². The first-order valence-corrected chi connectivity index (χ1v) is 13.4. The molecule has 222 valence electrons. The number of piperidine rings is 1. The number of likely N-dealkylation sites (tertiary alicyclic amines) is 1. The summed E-state index contributed by atoms with van der Waals surface area (Å²) < 4.78 is 27.1. The smallest absolute Gasteiger partial charge is 0.347 e. The summed E-state index contributed by atoms with van der Waals surface area (Å²) >= 11 is 0.